The molecular formula is C15H9N5S. The highest BCUT2D eigenvalue weighted by atomic mass is 32.1. The fourth-order valence-corrected chi connectivity index (χ4v) is 2.33. The summed E-state index contributed by atoms with van der Waals surface area (Å²) in [5.74, 6) is 0. The molecule has 0 amide bonds. The molecule has 21 heavy (non-hydrogen) atoms. The lowest BCUT2D eigenvalue weighted by Crippen LogP contribution is -2.02. The summed E-state index contributed by atoms with van der Waals surface area (Å²) < 4.78 is 0. The smallest absolute Gasteiger partial charge is 0.163 e. The molecule has 1 aromatic carbocycles. The van der Waals surface area contributed by atoms with Crippen molar-refractivity contribution in [3.8, 4) is 29.5 Å². The third-order valence-electron chi connectivity index (χ3n) is 2.67. The average Bonchev–Trinajstić information content (AvgIpc) is 2.94. The molecule has 1 N–H and O–H groups in total. The Morgan fingerprint density at radius 1 is 1.14 bits per heavy atom. The maximum Gasteiger partial charge on any atom is 0.163 e. The Kier molecular flexibility index (Phi) is 4.31. The first-order valence-electron chi connectivity index (χ1n) is 5.92. The van der Waals surface area contributed by atoms with E-state index < -0.39 is 0 Å². The molecule has 100 valence electrons. The minimum atomic E-state index is -0.248. The molecule has 1 aromatic heterocycles. The van der Waals surface area contributed by atoms with E-state index in [0.717, 1.165) is 16.3 Å². The number of allylic oxidation sites excluding steroid dienone is 2. The van der Waals surface area contributed by atoms with Crippen molar-refractivity contribution in [2.75, 3.05) is 5.32 Å². The Balaban J connectivity index is 2.48. The highest BCUT2D eigenvalue weighted by Crippen LogP contribution is 2.29. The molecule has 0 unspecified atom stereocenters. The maximum atomic E-state index is 9.10. The van der Waals surface area contributed by atoms with Crippen LogP contribution in [0.25, 0.3) is 11.3 Å². The molecule has 0 aliphatic carbocycles. The molecule has 0 fully saturated rings. The van der Waals surface area contributed by atoms with E-state index in [1.165, 1.54) is 11.3 Å². The van der Waals surface area contributed by atoms with Crippen LogP contribution >= 0.6 is 11.3 Å². The van der Waals surface area contributed by atoms with Gasteiger partial charge in [0, 0.05) is 16.6 Å². The molecule has 5 nitrogen and oxygen atoms in total. The van der Waals surface area contributed by atoms with Crippen LogP contribution in [0.3, 0.4) is 0 Å². The van der Waals surface area contributed by atoms with Gasteiger partial charge in [0.1, 0.15) is 23.9 Å². The Labute approximate surface area is 126 Å². The van der Waals surface area contributed by atoms with Gasteiger partial charge in [-0.2, -0.15) is 15.8 Å². The molecule has 2 rings (SSSR count). The maximum absolute atomic E-state index is 9.10. The van der Waals surface area contributed by atoms with Crippen LogP contribution in [0.5, 0.6) is 0 Å². The van der Waals surface area contributed by atoms with Crippen molar-refractivity contribution in [2.45, 2.75) is 6.92 Å². The van der Waals surface area contributed by atoms with E-state index in [1.807, 2.05) is 30.5 Å². The van der Waals surface area contributed by atoms with E-state index in [-0.39, 0.29) is 11.3 Å². The summed E-state index contributed by atoms with van der Waals surface area (Å²) in [6.45, 7) is 1.91. The lowest BCUT2D eigenvalue weighted by Gasteiger charge is -2.09. The number of anilines is 1. The molecule has 2 aromatic rings. The average molecular weight is 291 g/mol. The Bertz CT molecular complexity index is 811. The summed E-state index contributed by atoms with van der Waals surface area (Å²) >= 11 is 1.53. The minimum absolute atomic E-state index is 0.0700. The fraction of sp³-hybridized carbons (Fsp3) is 0.0667. The summed E-state index contributed by atoms with van der Waals surface area (Å²) in [7, 11) is 0. The SMILES string of the molecule is Cc1nc(-c2ccccc2NC(C#N)=C(C#N)C#N)cs1. The first kappa shape index (κ1) is 14.3. The number of hydrogen-bond acceptors (Lipinski definition) is 6. The van der Waals surface area contributed by atoms with Gasteiger partial charge in [-0.15, -0.1) is 11.3 Å². The molecule has 0 spiro atoms. The zero-order valence-electron chi connectivity index (χ0n) is 11.1. The van der Waals surface area contributed by atoms with Crippen LogP contribution in [0, 0.1) is 40.9 Å². The van der Waals surface area contributed by atoms with Gasteiger partial charge in [0.15, 0.2) is 5.57 Å². The summed E-state index contributed by atoms with van der Waals surface area (Å²) in [5.41, 5.74) is 1.90. The molecule has 0 aliphatic rings. The molecule has 0 aliphatic heterocycles. The van der Waals surface area contributed by atoms with Crippen molar-refractivity contribution in [2.24, 2.45) is 0 Å². The molecule has 0 saturated carbocycles. The molecular weight excluding hydrogens is 282 g/mol. The Hall–Kier alpha value is -3.14. The number of para-hydroxylation sites is 1. The lowest BCUT2D eigenvalue weighted by molar-refractivity contribution is 1.29. The first-order valence-corrected chi connectivity index (χ1v) is 6.80. The van der Waals surface area contributed by atoms with E-state index >= 15 is 0 Å². The van der Waals surface area contributed by atoms with Crippen LogP contribution in [0.2, 0.25) is 0 Å². The van der Waals surface area contributed by atoms with Gasteiger partial charge in [0.25, 0.3) is 0 Å². The molecule has 0 bridgehead atoms. The minimum Gasteiger partial charge on any atom is -0.345 e. The number of nitrogens with zero attached hydrogens (tertiary/aromatic N) is 4. The fourth-order valence-electron chi connectivity index (χ4n) is 1.72. The van der Waals surface area contributed by atoms with Crippen molar-refractivity contribution < 1.29 is 0 Å². The van der Waals surface area contributed by atoms with E-state index in [2.05, 4.69) is 10.3 Å². The van der Waals surface area contributed by atoms with Gasteiger partial charge in [-0.3, -0.25) is 0 Å². The van der Waals surface area contributed by atoms with Gasteiger partial charge in [-0.05, 0) is 13.0 Å². The van der Waals surface area contributed by atoms with Crippen molar-refractivity contribution in [1.29, 1.82) is 15.8 Å². The molecule has 1 heterocycles. The summed E-state index contributed by atoms with van der Waals surface area (Å²) in [6, 6.07) is 12.6. The van der Waals surface area contributed by atoms with E-state index in [9.17, 15) is 0 Å². The van der Waals surface area contributed by atoms with Crippen molar-refractivity contribution in [3.63, 3.8) is 0 Å². The number of rotatable bonds is 3. The standard InChI is InChI=1S/C15H9N5S/c1-10-19-15(9-21-10)12-4-2-3-5-13(12)20-14(8-18)11(6-16)7-17/h2-5,9,20H,1H3. The topological polar surface area (TPSA) is 96.3 Å². The predicted molar refractivity (Wildman–Crippen MR) is 79.8 cm³/mol. The highest BCUT2D eigenvalue weighted by molar-refractivity contribution is 7.09. The van der Waals surface area contributed by atoms with Crippen LogP contribution in [-0.4, -0.2) is 4.98 Å². The third-order valence-corrected chi connectivity index (χ3v) is 3.44. The van der Waals surface area contributed by atoms with Gasteiger partial charge in [0.2, 0.25) is 0 Å². The van der Waals surface area contributed by atoms with E-state index in [0.29, 0.717) is 5.69 Å². The number of nitrogens with one attached hydrogen (secondary N) is 1. The highest BCUT2D eigenvalue weighted by Gasteiger charge is 2.11. The summed E-state index contributed by atoms with van der Waals surface area (Å²) in [4.78, 5) is 4.41. The van der Waals surface area contributed by atoms with Crippen LogP contribution in [0.1, 0.15) is 5.01 Å². The number of benzene rings is 1. The predicted octanol–water partition coefficient (Wildman–Crippen LogP) is 3.36. The van der Waals surface area contributed by atoms with E-state index in [4.69, 9.17) is 15.8 Å². The number of aryl methyl sites for hydroxylation is 1. The zero-order chi connectivity index (χ0) is 15.2. The largest absolute Gasteiger partial charge is 0.345 e. The van der Waals surface area contributed by atoms with Crippen LogP contribution in [0.4, 0.5) is 5.69 Å². The molecule has 6 heteroatoms. The number of aromatic nitrogens is 1. The normalized spacial score (nSPS) is 9.05. The lowest BCUT2D eigenvalue weighted by atomic mass is 10.1. The second-order valence-electron chi connectivity index (χ2n) is 4.01. The van der Waals surface area contributed by atoms with Crippen molar-refractivity contribution >= 4 is 17.0 Å². The van der Waals surface area contributed by atoms with Gasteiger partial charge in [0.05, 0.1) is 10.7 Å². The van der Waals surface area contributed by atoms with Crippen LogP contribution < -0.4 is 5.32 Å². The molecule has 0 saturated heterocycles. The zero-order valence-corrected chi connectivity index (χ0v) is 11.9. The van der Waals surface area contributed by atoms with Crippen molar-refractivity contribution in [3.05, 3.63) is 45.9 Å². The van der Waals surface area contributed by atoms with E-state index in [1.54, 1.807) is 24.3 Å². The number of thiazole rings is 1. The summed E-state index contributed by atoms with van der Waals surface area (Å²) in [6.07, 6.45) is 0. The third kappa shape index (κ3) is 3.06. The van der Waals surface area contributed by atoms with Gasteiger partial charge in [-0.25, -0.2) is 4.98 Å². The Morgan fingerprint density at radius 3 is 2.43 bits per heavy atom. The monoisotopic (exact) mass is 291 g/mol. The second-order valence-corrected chi connectivity index (χ2v) is 5.07. The summed E-state index contributed by atoms with van der Waals surface area (Å²) in [5, 5.41) is 32.5. The molecule has 0 radical (unpaired) electrons. The van der Waals surface area contributed by atoms with Crippen molar-refractivity contribution in [1.82, 2.24) is 4.98 Å². The molecule has 0 atom stereocenters. The quantitative estimate of drug-likeness (QED) is 0.875. The number of nitriles is 3. The van der Waals surface area contributed by atoms with Gasteiger partial charge in [-0.1, -0.05) is 18.2 Å². The van der Waals surface area contributed by atoms with Crippen LogP contribution in [0.15, 0.2) is 40.9 Å². The number of hydrogen-bond donors (Lipinski definition) is 1. The second kappa shape index (κ2) is 6.34. The van der Waals surface area contributed by atoms with Gasteiger partial charge < -0.3 is 5.32 Å². The van der Waals surface area contributed by atoms with Crippen LogP contribution in [-0.2, 0) is 0 Å². The van der Waals surface area contributed by atoms with Gasteiger partial charge >= 0.3 is 0 Å². The Morgan fingerprint density at radius 2 is 1.86 bits per heavy atom. The first-order chi connectivity index (χ1) is 10.2.